The van der Waals surface area contributed by atoms with Crippen molar-refractivity contribution in [2.24, 2.45) is 0 Å². The summed E-state index contributed by atoms with van der Waals surface area (Å²) in [5.41, 5.74) is 4.11. The predicted octanol–water partition coefficient (Wildman–Crippen LogP) is 3.16. The summed E-state index contributed by atoms with van der Waals surface area (Å²) in [5, 5.41) is 3.43. The van der Waals surface area contributed by atoms with Crippen molar-refractivity contribution in [3.05, 3.63) is 47.5 Å². The van der Waals surface area contributed by atoms with E-state index in [0.29, 0.717) is 6.04 Å². The van der Waals surface area contributed by atoms with Crippen LogP contribution >= 0.6 is 0 Å². The summed E-state index contributed by atoms with van der Waals surface area (Å²) in [7, 11) is 0. The molecule has 0 spiro atoms. The van der Waals surface area contributed by atoms with E-state index < -0.39 is 0 Å². The average molecular weight is 258 g/mol. The Balaban J connectivity index is 2.17. The van der Waals surface area contributed by atoms with Crippen molar-refractivity contribution >= 4 is 0 Å². The summed E-state index contributed by atoms with van der Waals surface area (Å²) in [6, 6.07) is 9.62. The van der Waals surface area contributed by atoms with E-state index in [0.717, 1.165) is 39.0 Å². The third kappa shape index (κ3) is 3.92. The second-order valence-corrected chi connectivity index (χ2v) is 5.56. The number of hydrogen-bond donors (Lipinski definition) is 1. The van der Waals surface area contributed by atoms with Crippen molar-refractivity contribution in [1.82, 2.24) is 10.2 Å². The van der Waals surface area contributed by atoms with Gasteiger partial charge in [-0.2, -0.15) is 0 Å². The molecule has 19 heavy (non-hydrogen) atoms. The lowest BCUT2D eigenvalue weighted by Gasteiger charge is -2.35. The molecule has 1 heterocycles. The molecule has 0 bridgehead atoms. The van der Waals surface area contributed by atoms with Gasteiger partial charge in [0.25, 0.3) is 0 Å². The Morgan fingerprint density at radius 1 is 1.26 bits per heavy atom. The predicted molar refractivity (Wildman–Crippen MR) is 82.4 cm³/mol. The van der Waals surface area contributed by atoms with Gasteiger partial charge in [-0.1, -0.05) is 36.8 Å². The topological polar surface area (TPSA) is 15.3 Å². The zero-order valence-electron chi connectivity index (χ0n) is 12.3. The van der Waals surface area contributed by atoms with E-state index in [9.17, 15) is 0 Å². The Morgan fingerprint density at radius 2 is 1.89 bits per heavy atom. The number of nitrogens with one attached hydrogen (secondary N) is 1. The molecule has 0 amide bonds. The van der Waals surface area contributed by atoms with E-state index in [1.807, 2.05) is 0 Å². The molecule has 0 aliphatic carbocycles. The molecule has 2 rings (SSSR count). The van der Waals surface area contributed by atoms with Gasteiger partial charge in [-0.05, 0) is 30.9 Å². The van der Waals surface area contributed by atoms with Gasteiger partial charge in [-0.3, -0.25) is 4.90 Å². The lowest BCUT2D eigenvalue weighted by atomic mass is 9.96. The van der Waals surface area contributed by atoms with Crippen molar-refractivity contribution in [2.75, 3.05) is 26.2 Å². The summed E-state index contributed by atoms with van der Waals surface area (Å²) >= 11 is 0. The molecule has 104 valence electrons. The first kappa shape index (κ1) is 14.3. The fourth-order valence-electron chi connectivity index (χ4n) is 2.76. The third-order valence-electron chi connectivity index (χ3n) is 3.91. The molecular weight excluding hydrogens is 232 g/mol. The molecule has 0 radical (unpaired) electrons. The van der Waals surface area contributed by atoms with E-state index in [2.05, 4.69) is 54.9 Å². The summed E-state index contributed by atoms with van der Waals surface area (Å²) in [5.74, 6) is 0. The second-order valence-electron chi connectivity index (χ2n) is 5.56. The zero-order chi connectivity index (χ0) is 13.7. The Hall–Kier alpha value is -1.12. The fraction of sp³-hybridized carbons (Fsp3) is 0.529. The van der Waals surface area contributed by atoms with E-state index in [-0.39, 0.29) is 0 Å². The molecule has 2 heteroatoms. The molecule has 1 atom stereocenters. The van der Waals surface area contributed by atoms with Crippen LogP contribution in [0.15, 0.2) is 36.4 Å². The molecule has 1 N–H and O–H groups in total. The molecule has 1 aliphatic rings. The average Bonchev–Trinajstić information content (AvgIpc) is 2.46. The van der Waals surface area contributed by atoms with Crippen LogP contribution in [0.1, 0.15) is 37.4 Å². The van der Waals surface area contributed by atoms with Crippen molar-refractivity contribution in [1.29, 1.82) is 0 Å². The molecule has 1 saturated heterocycles. The van der Waals surface area contributed by atoms with E-state index in [1.54, 1.807) is 0 Å². The molecule has 0 unspecified atom stereocenters. The number of nitrogens with zero attached hydrogens (tertiary/aromatic N) is 1. The normalized spacial score (nSPS) is 18.2. The molecule has 1 aliphatic heterocycles. The van der Waals surface area contributed by atoms with Gasteiger partial charge in [0.1, 0.15) is 0 Å². The lowest BCUT2D eigenvalue weighted by Crippen LogP contribution is -2.45. The van der Waals surface area contributed by atoms with Gasteiger partial charge < -0.3 is 5.32 Å². The molecule has 1 aromatic carbocycles. The van der Waals surface area contributed by atoms with E-state index in [1.165, 1.54) is 16.7 Å². The van der Waals surface area contributed by atoms with Crippen LogP contribution in [0.5, 0.6) is 0 Å². The molecular formula is C17H26N2. The van der Waals surface area contributed by atoms with Gasteiger partial charge in [-0.25, -0.2) is 0 Å². The molecule has 0 aromatic heterocycles. The largest absolute Gasteiger partial charge is 0.314 e. The zero-order valence-corrected chi connectivity index (χ0v) is 12.3. The van der Waals surface area contributed by atoms with Crippen LogP contribution in [0.25, 0.3) is 0 Å². The Bertz CT molecular complexity index is 402. The smallest absolute Gasteiger partial charge is 0.0386 e. The number of rotatable bonds is 5. The molecule has 1 fully saturated rings. The van der Waals surface area contributed by atoms with Gasteiger partial charge in [0.15, 0.2) is 0 Å². The van der Waals surface area contributed by atoms with Gasteiger partial charge in [-0.15, -0.1) is 6.58 Å². The van der Waals surface area contributed by atoms with Gasteiger partial charge in [0.2, 0.25) is 0 Å². The van der Waals surface area contributed by atoms with Gasteiger partial charge >= 0.3 is 0 Å². The SMILES string of the molecule is C=C(C)C[C@@H](c1ccc(CC)cc1)N1CCNCC1. The Kier molecular flexibility index (Phi) is 5.17. The summed E-state index contributed by atoms with van der Waals surface area (Å²) in [6.45, 7) is 12.9. The van der Waals surface area contributed by atoms with Gasteiger partial charge in [0, 0.05) is 32.2 Å². The maximum absolute atomic E-state index is 4.11. The third-order valence-corrected chi connectivity index (χ3v) is 3.91. The van der Waals surface area contributed by atoms with Crippen LogP contribution < -0.4 is 5.32 Å². The second kappa shape index (κ2) is 6.88. The van der Waals surface area contributed by atoms with Crippen LogP contribution in [0.4, 0.5) is 0 Å². The van der Waals surface area contributed by atoms with Crippen LogP contribution in [0.3, 0.4) is 0 Å². The standard InChI is InChI=1S/C17H26N2/c1-4-15-5-7-16(8-6-15)17(13-14(2)3)19-11-9-18-10-12-19/h5-8,17-18H,2,4,9-13H2,1,3H3/t17-/m0/s1. The first-order chi connectivity index (χ1) is 9.20. The van der Waals surface area contributed by atoms with Crippen LogP contribution in [0.2, 0.25) is 0 Å². The van der Waals surface area contributed by atoms with Crippen molar-refractivity contribution in [3.63, 3.8) is 0 Å². The quantitative estimate of drug-likeness (QED) is 0.816. The highest BCUT2D eigenvalue weighted by atomic mass is 15.2. The maximum Gasteiger partial charge on any atom is 0.0386 e. The monoisotopic (exact) mass is 258 g/mol. The van der Waals surface area contributed by atoms with Crippen LogP contribution in [-0.4, -0.2) is 31.1 Å². The minimum absolute atomic E-state index is 0.491. The minimum Gasteiger partial charge on any atom is -0.314 e. The Labute approximate surface area is 117 Å². The number of piperazine rings is 1. The van der Waals surface area contributed by atoms with E-state index >= 15 is 0 Å². The van der Waals surface area contributed by atoms with Crippen molar-refractivity contribution < 1.29 is 0 Å². The van der Waals surface area contributed by atoms with Crippen LogP contribution in [-0.2, 0) is 6.42 Å². The van der Waals surface area contributed by atoms with Crippen molar-refractivity contribution in [2.45, 2.75) is 32.7 Å². The molecule has 2 nitrogen and oxygen atoms in total. The van der Waals surface area contributed by atoms with Crippen molar-refractivity contribution in [3.8, 4) is 0 Å². The lowest BCUT2D eigenvalue weighted by molar-refractivity contribution is 0.172. The van der Waals surface area contributed by atoms with Crippen LogP contribution in [0, 0.1) is 0 Å². The summed E-state index contributed by atoms with van der Waals surface area (Å²) in [6.07, 6.45) is 2.17. The summed E-state index contributed by atoms with van der Waals surface area (Å²) < 4.78 is 0. The number of hydrogen-bond acceptors (Lipinski definition) is 2. The highest BCUT2D eigenvalue weighted by Crippen LogP contribution is 2.27. The van der Waals surface area contributed by atoms with E-state index in [4.69, 9.17) is 0 Å². The first-order valence-electron chi connectivity index (χ1n) is 7.38. The Morgan fingerprint density at radius 3 is 2.42 bits per heavy atom. The number of aryl methyl sites for hydroxylation is 1. The minimum atomic E-state index is 0.491. The summed E-state index contributed by atoms with van der Waals surface area (Å²) in [4.78, 5) is 2.59. The highest BCUT2D eigenvalue weighted by Gasteiger charge is 2.21. The fourth-order valence-corrected chi connectivity index (χ4v) is 2.76. The first-order valence-corrected chi connectivity index (χ1v) is 7.38. The van der Waals surface area contributed by atoms with Gasteiger partial charge in [0.05, 0.1) is 0 Å². The number of benzene rings is 1. The highest BCUT2D eigenvalue weighted by molar-refractivity contribution is 5.26. The maximum atomic E-state index is 4.11. The molecule has 1 aromatic rings. The molecule has 0 saturated carbocycles.